The summed E-state index contributed by atoms with van der Waals surface area (Å²) in [6.45, 7) is 12.3. The highest BCUT2D eigenvalue weighted by Gasteiger charge is 2.13. The normalized spacial score (nSPS) is 11.5. The number of hydrogen-bond donors (Lipinski definition) is 1. The first-order chi connectivity index (χ1) is 9.56. The van der Waals surface area contributed by atoms with E-state index < -0.39 is 0 Å². The molecule has 20 heavy (non-hydrogen) atoms. The van der Waals surface area contributed by atoms with Gasteiger partial charge in [-0.15, -0.1) is 0 Å². The fourth-order valence-electron chi connectivity index (χ4n) is 2.45. The number of hydrogen-bond acceptors (Lipinski definition) is 5. The Bertz CT molecular complexity index is 585. The molecule has 2 rings (SSSR count). The molecule has 0 saturated heterocycles. The fraction of sp³-hybridized carbons (Fsp3) is 0.643. The first-order valence-corrected chi connectivity index (χ1v) is 7.21. The monoisotopic (exact) mass is 276 g/mol. The SMILES string of the molecule is CCN(CC)CCNc1nc(C)nc2c1c(C)nn2C. The molecule has 0 spiro atoms. The van der Waals surface area contributed by atoms with Crippen molar-refractivity contribution in [3.05, 3.63) is 11.5 Å². The summed E-state index contributed by atoms with van der Waals surface area (Å²) in [5, 5.41) is 8.89. The van der Waals surface area contributed by atoms with Crippen LogP contribution in [0.25, 0.3) is 11.0 Å². The summed E-state index contributed by atoms with van der Waals surface area (Å²) >= 11 is 0. The van der Waals surface area contributed by atoms with Gasteiger partial charge < -0.3 is 10.2 Å². The van der Waals surface area contributed by atoms with Crippen LogP contribution in [0.3, 0.4) is 0 Å². The first-order valence-electron chi connectivity index (χ1n) is 7.21. The molecule has 0 aliphatic carbocycles. The standard InChI is InChI=1S/C14H24N6/c1-6-20(7-2)9-8-15-13-12-10(3)18-19(5)14(12)17-11(4)16-13/h6-9H2,1-5H3,(H,15,16,17). The fourth-order valence-corrected chi connectivity index (χ4v) is 2.45. The summed E-state index contributed by atoms with van der Waals surface area (Å²) in [6.07, 6.45) is 0. The molecule has 0 aromatic carbocycles. The molecule has 0 radical (unpaired) electrons. The van der Waals surface area contributed by atoms with Gasteiger partial charge in [0.05, 0.1) is 11.1 Å². The molecule has 0 fully saturated rings. The third kappa shape index (κ3) is 2.90. The molecule has 0 amide bonds. The third-order valence-electron chi connectivity index (χ3n) is 3.58. The summed E-state index contributed by atoms with van der Waals surface area (Å²) in [5.74, 6) is 1.66. The number of likely N-dealkylation sites (N-methyl/N-ethyl adjacent to an activating group) is 1. The Hall–Kier alpha value is -1.69. The van der Waals surface area contributed by atoms with Crippen LogP contribution >= 0.6 is 0 Å². The molecule has 0 atom stereocenters. The van der Waals surface area contributed by atoms with E-state index in [1.165, 1.54) is 0 Å². The highest BCUT2D eigenvalue weighted by atomic mass is 15.3. The molecule has 6 heteroatoms. The zero-order chi connectivity index (χ0) is 14.7. The van der Waals surface area contributed by atoms with E-state index in [-0.39, 0.29) is 0 Å². The van der Waals surface area contributed by atoms with Crippen molar-refractivity contribution in [2.24, 2.45) is 7.05 Å². The Morgan fingerprint density at radius 2 is 1.85 bits per heavy atom. The van der Waals surface area contributed by atoms with Crippen LogP contribution in [-0.2, 0) is 7.05 Å². The summed E-state index contributed by atoms with van der Waals surface area (Å²) in [7, 11) is 1.92. The zero-order valence-corrected chi connectivity index (χ0v) is 13.1. The van der Waals surface area contributed by atoms with Crippen molar-refractivity contribution in [2.75, 3.05) is 31.5 Å². The summed E-state index contributed by atoms with van der Waals surface area (Å²) < 4.78 is 1.81. The molecule has 2 aromatic rings. The van der Waals surface area contributed by atoms with Crippen LogP contribution in [-0.4, -0.2) is 50.8 Å². The van der Waals surface area contributed by atoms with E-state index in [4.69, 9.17) is 0 Å². The van der Waals surface area contributed by atoms with Gasteiger partial charge in [0.25, 0.3) is 0 Å². The molecule has 0 unspecified atom stereocenters. The van der Waals surface area contributed by atoms with Gasteiger partial charge in [0.2, 0.25) is 0 Å². The second-order valence-electron chi connectivity index (χ2n) is 4.98. The van der Waals surface area contributed by atoms with Gasteiger partial charge in [-0.05, 0) is 26.9 Å². The lowest BCUT2D eigenvalue weighted by molar-refractivity contribution is 0.316. The van der Waals surface area contributed by atoms with Crippen LogP contribution < -0.4 is 5.32 Å². The first kappa shape index (κ1) is 14.7. The molecule has 1 N–H and O–H groups in total. The van der Waals surface area contributed by atoms with Crippen molar-refractivity contribution in [3.8, 4) is 0 Å². The molecule has 0 aliphatic heterocycles. The predicted molar refractivity (Wildman–Crippen MR) is 82.1 cm³/mol. The molecule has 0 aliphatic rings. The zero-order valence-electron chi connectivity index (χ0n) is 13.1. The van der Waals surface area contributed by atoms with Gasteiger partial charge in [0.1, 0.15) is 11.6 Å². The lowest BCUT2D eigenvalue weighted by Gasteiger charge is -2.18. The Kier molecular flexibility index (Phi) is 4.54. The van der Waals surface area contributed by atoms with Crippen LogP contribution in [0, 0.1) is 13.8 Å². The molecule has 0 bridgehead atoms. The Balaban J connectivity index is 2.21. The van der Waals surface area contributed by atoms with Gasteiger partial charge in [-0.1, -0.05) is 13.8 Å². The van der Waals surface area contributed by atoms with Gasteiger partial charge in [-0.3, -0.25) is 4.68 Å². The Labute approximate surface area is 120 Å². The van der Waals surface area contributed by atoms with Crippen molar-refractivity contribution < 1.29 is 0 Å². The average Bonchev–Trinajstić information content (AvgIpc) is 2.70. The highest BCUT2D eigenvalue weighted by molar-refractivity contribution is 5.89. The largest absolute Gasteiger partial charge is 0.368 e. The van der Waals surface area contributed by atoms with E-state index in [9.17, 15) is 0 Å². The minimum atomic E-state index is 0.769. The quantitative estimate of drug-likeness (QED) is 0.871. The van der Waals surface area contributed by atoms with E-state index in [1.54, 1.807) is 0 Å². The maximum atomic E-state index is 4.53. The van der Waals surface area contributed by atoms with Crippen LogP contribution in [0.2, 0.25) is 0 Å². The maximum absolute atomic E-state index is 4.53. The van der Waals surface area contributed by atoms with Crippen LogP contribution in [0.4, 0.5) is 5.82 Å². The lowest BCUT2D eigenvalue weighted by Crippen LogP contribution is -2.28. The van der Waals surface area contributed by atoms with Crippen LogP contribution in [0.15, 0.2) is 0 Å². The van der Waals surface area contributed by atoms with Gasteiger partial charge >= 0.3 is 0 Å². The van der Waals surface area contributed by atoms with Crippen molar-refractivity contribution in [3.63, 3.8) is 0 Å². The Morgan fingerprint density at radius 1 is 1.15 bits per heavy atom. The highest BCUT2D eigenvalue weighted by Crippen LogP contribution is 2.22. The number of fused-ring (bicyclic) bond motifs is 1. The second kappa shape index (κ2) is 6.17. The van der Waals surface area contributed by atoms with Gasteiger partial charge in [0, 0.05) is 20.1 Å². The summed E-state index contributed by atoms with van der Waals surface area (Å²) in [6, 6.07) is 0. The molecule has 2 heterocycles. The van der Waals surface area contributed by atoms with Gasteiger partial charge in [-0.2, -0.15) is 5.10 Å². The van der Waals surface area contributed by atoms with Gasteiger partial charge in [-0.25, -0.2) is 9.97 Å². The van der Waals surface area contributed by atoms with E-state index >= 15 is 0 Å². The number of aryl methyl sites for hydroxylation is 3. The topological polar surface area (TPSA) is 58.9 Å². The molecular formula is C14H24N6. The van der Waals surface area contributed by atoms with Crippen molar-refractivity contribution in [1.29, 1.82) is 0 Å². The third-order valence-corrected chi connectivity index (χ3v) is 3.58. The predicted octanol–water partition coefficient (Wildman–Crippen LogP) is 1.73. The van der Waals surface area contributed by atoms with Gasteiger partial charge in [0.15, 0.2) is 5.65 Å². The minimum absolute atomic E-state index is 0.769. The second-order valence-corrected chi connectivity index (χ2v) is 4.98. The molecular weight excluding hydrogens is 252 g/mol. The van der Waals surface area contributed by atoms with E-state index in [2.05, 4.69) is 39.1 Å². The maximum Gasteiger partial charge on any atom is 0.163 e. The number of anilines is 1. The summed E-state index contributed by atoms with van der Waals surface area (Å²) in [5.41, 5.74) is 1.85. The number of nitrogens with one attached hydrogen (secondary N) is 1. The van der Waals surface area contributed by atoms with Crippen molar-refractivity contribution >= 4 is 16.9 Å². The minimum Gasteiger partial charge on any atom is -0.368 e. The van der Waals surface area contributed by atoms with Crippen LogP contribution in [0.1, 0.15) is 25.4 Å². The van der Waals surface area contributed by atoms with Crippen molar-refractivity contribution in [1.82, 2.24) is 24.6 Å². The molecule has 110 valence electrons. The van der Waals surface area contributed by atoms with E-state index in [0.717, 1.165) is 54.5 Å². The molecule has 6 nitrogen and oxygen atoms in total. The number of aromatic nitrogens is 4. The van der Waals surface area contributed by atoms with E-state index in [0.29, 0.717) is 0 Å². The van der Waals surface area contributed by atoms with Crippen LogP contribution in [0.5, 0.6) is 0 Å². The summed E-state index contributed by atoms with van der Waals surface area (Å²) in [4.78, 5) is 11.4. The van der Waals surface area contributed by atoms with E-state index in [1.807, 2.05) is 25.6 Å². The molecule has 2 aromatic heterocycles. The average molecular weight is 276 g/mol. The number of nitrogens with zero attached hydrogens (tertiary/aromatic N) is 5. The smallest absolute Gasteiger partial charge is 0.163 e. The lowest BCUT2D eigenvalue weighted by atomic mass is 10.3. The number of rotatable bonds is 6. The Morgan fingerprint density at radius 3 is 2.50 bits per heavy atom. The molecule has 0 saturated carbocycles. The van der Waals surface area contributed by atoms with Crippen molar-refractivity contribution in [2.45, 2.75) is 27.7 Å².